The van der Waals surface area contributed by atoms with Crippen molar-refractivity contribution in [2.24, 2.45) is 5.73 Å². The van der Waals surface area contributed by atoms with Gasteiger partial charge < -0.3 is 25.2 Å². The zero-order valence-electron chi connectivity index (χ0n) is 13.3. The van der Waals surface area contributed by atoms with Crippen LogP contribution in [0, 0.1) is 0 Å². The van der Waals surface area contributed by atoms with Crippen LogP contribution in [0.3, 0.4) is 0 Å². The predicted molar refractivity (Wildman–Crippen MR) is 83.8 cm³/mol. The molecule has 1 heterocycles. The van der Waals surface area contributed by atoms with Crippen LogP contribution in [-0.2, 0) is 4.74 Å². The summed E-state index contributed by atoms with van der Waals surface area (Å²) in [5.41, 5.74) is 7.88. The van der Waals surface area contributed by atoms with Gasteiger partial charge in [0.05, 0.1) is 25.4 Å². The molecular weight excluding hydrogens is 268 g/mol. The van der Waals surface area contributed by atoms with Crippen LogP contribution in [0.15, 0.2) is 18.2 Å². The number of ether oxygens (including phenoxy) is 2. The molecule has 2 rings (SSSR count). The van der Waals surface area contributed by atoms with E-state index in [2.05, 4.69) is 11.0 Å². The van der Waals surface area contributed by atoms with Gasteiger partial charge in [0.25, 0.3) is 0 Å². The second-order valence-electron chi connectivity index (χ2n) is 6.24. The van der Waals surface area contributed by atoms with Gasteiger partial charge in [0.2, 0.25) is 0 Å². The van der Waals surface area contributed by atoms with Crippen LogP contribution in [0.5, 0.6) is 5.75 Å². The molecule has 1 aromatic rings. The zero-order valence-corrected chi connectivity index (χ0v) is 13.3. The van der Waals surface area contributed by atoms with Crippen LogP contribution in [0.4, 0.5) is 5.69 Å². The molecule has 1 aliphatic rings. The predicted octanol–water partition coefficient (Wildman–Crippen LogP) is 1.69. The second kappa shape index (κ2) is 6.22. The molecule has 0 amide bonds. The van der Waals surface area contributed by atoms with Crippen LogP contribution in [-0.4, -0.2) is 43.6 Å². The summed E-state index contributed by atoms with van der Waals surface area (Å²) in [7, 11) is 1.66. The van der Waals surface area contributed by atoms with Crippen molar-refractivity contribution in [2.45, 2.75) is 38.5 Å². The van der Waals surface area contributed by atoms with Crippen LogP contribution >= 0.6 is 0 Å². The number of benzene rings is 1. The average molecular weight is 294 g/mol. The summed E-state index contributed by atoms with van der Waals surface area (Å²) in [6, 6.07) is 5.82. The van der Waals surface area contributed by atoms with E-state index in [1.807, 2.05) is 32.9 Å². The van der Waals surface area contributed by atoms with Crippen LogP contribution < -0.4 is 15.4 Å². The van der Waals surface area contributed by atoms with Gasteiger partial charge >= 0.3 is 0 Å². The van der Waals surface area contributed by atoms with Crippen LogP contribution in [0.25, 0.3) is 0 Å². The van der Waals surface area contributed by atoms with E-state index in [4.69, 9.17) is 15.2 Å². The first-order valence-corrected chi connectivity index (χ1v) is 7.34. The number of aliphatic hydroxyl groups excluding tert-OH is 1. The minimum Gasteiger partial charge on any atom is -0.496 e. The highest BCUT2D eigenvalue weighted by Gasteiger charge is 2.34. The first kappa shape index (κ1) is 16.1. The van der Waals surface area contributed by atoms with Gasteiger partial charge in [-0.3, -0.25) is 0 Å². The molecule has 0 spiro atoms. The van der Waals surface area contributed by atoms with Gasteiger partial charge in [-0.05, 0) is 32.9 Å². The molecule has 0 radical (unpaired) electrons. The van der Waals surface area contributed by atoms with E-state index in [1.54, 1.807) is 7.11 Å². The van der Waals surface area contributed by atoms with Crippen LogP contribution in [0.1, 0.15) is 32.4 Å². The van der Waals surface area contributed by atoms with Gasteiger partial charge in [0.15, 0.2) is 0 Å². The zero-order chi connectivity index (χ0) is 15.6. The summed E-state index contributed by atoms with van der Waals surface area (Å²) >= 11 is 0. The van der Waals surface area contributed by atoms with E-state index < -0.39 is 0 Å². The fourth-order valence-electron chi connectivity index (χ4n) is 3.02. The van der Waals surface area contributed by atoms with E-state index in [9.17, 15) is 5.11 Å². The van der Waals surface area contributed by atoms with Crippen molar-refractivity contribution in [1.29, 1.82) is 0 Å². The SMILES string of the molecule is COc1cccc(N2CC(CO)OC(C)(C)C2)c1C(C)N. The van der Waals surface area contributed by atoms with Gasteiger partial charge in [0.1, 0.15) is 5.75 Å². The maximum Gasteiger partial charge on any atom is 0.125 e. The number of aliphatic hydroxyl groups is 1. The molecule has 1 fully saturated rings. The lowest BCUT2D eigenvalue weighted by atomic mass is 10.00. The molecule has 1 aliphatic heterocycles. The molecule has 0 aliphatic carbocycles. The van der Waals surface area contributed by atoms with Crippen molar-refractivity contribution in [1.82, 2.24) is 0 Å². The smallest absolute Gasteiger partial charge is 0.125 e. The molecule has 0 bridgehead atoms. The Hall–Kier alpha value is -1.30. The Kier molecular flexibility index (Phi) is 4.76. The third-order valence-electron chi connectivity index (χ3n) is 3.74. The number of morpholine rings is 1. The highest BCUT2D eigenvalue weighted by Crippen LogP contribution is 2.36. The Morgan fingerprint density at radius 3 is 2.81 bits per heavy atom. The molecule has 21 heavy (non-hydrogen) atoms. The summed E-state index contributed by atoms with van der Waals surface area (Å²) < 4.78 is 11.3. The maximum atomic E-state index is 9.47. The number of nitrogens with two attached hydrogens (primary N) is 1. The fraction of sp³-hybridized carbons (Fsp3) is 0.625. The molecule has 5 heteroatoms. The molecular formula is C16H26N2O3. The normalized spacial score (nSPS) is 23.0. The Balaban J connectivity index is 2.40. The van der Waals surface area contributed by atoms with Crippen molar-refractivity contribution in [2.75, 3.05) is 31.7 Å². The van der Waals surface area contributed by atoms with Crippen LogP contribution in [0.2, 0.25) is 0 Å². The quantitative estimate of drug-likeness (QED) is 0.884. The molecule has 3 N–H and O–H groups in total. The third kappa shape index (κ3) is 3.48. The van der Waals surface area contributed by atoms with E-state index in [1.165, 1.54) is 0 Å². The average Bonchev–Trinajstić information content (AvgIpc) is 2.44. The fourth-order valence-corrected chi connectivity index (χ4v) is 3.02. The van der Waals surface area contributed by atoms with Crippen molar-refractivity contribution in [3.63, 3.8) is 0 Å². The number of hydrogen-bond acceptors (Lipinski definition) is 5. The van der Waals surface area contributed by atoms with Gasteiger partial charge in [-0.1, -0.05) is 6.07 Å². The second-order valence-corrected chi connectivity index (χ2v) is 6.24. The van der Waals surface area contributed by atoms with E-state index in [0.29, 0.717) is 6.54 Å². The van der Waals surface area contributed by atoms with Gasteiger partial charge in [-0.15, -0.1) is 0 Å². The molecule has 2 unspecified atom stereocenters. The Labute approximate surface area is 126 Å². The lowest BCUT2D eigenvalue weighted by Crippen LogP contribution is -2.54. The molecule has 2 atom stereocenters. The van der Waals surface area contributed by atoms with Gasteiger partial charge in [-0.2, -0.15) is 0 Å². The van der Waals surface area contributed by atoms with Gasteiger partial charge in [-0.25, -0.2) is 0 Å². The number of rotatable bonds is 4. The minimum absolute atomic E-state index is 0.0113. The molecule has 0 aromatic heterocycles. The van der Waals surface area contributed by atoms with E-state index in [-0.39, 0.29) is 24.4 Å². The lowest BCUT2D eigenvalue weighted by molar-refractivity contribution is -0.101. The first-order valence-electron chi connectivity index (χ1n) is 7.34. The van der Waals surface area contributed by atoms with Crippen molar-refractivity contribution in [3.8, 4) is 5.75 Å². The number of anilines is 1. The van der Waals surface area contributed by atoms with Crippen molar-refractivity contribution >= 4 is 5.69 Å². The monoisotopic (exact) mass is 294 g/mol. The largest absolute Gasteiger partial charge is 0.496 e. The van der Waals surface area contributed by atoms with E-state index in [0.717, 1.165) is 23.5 Å². The lowest BCUT2D eigenvalue weighted by Gasteiger charge is -2.44. The highest BCUT2D eigenvalue weighted by atomic mass is 16.5. The molecule has 118 valence electrons. The molecule has 0 saturated carbocycles. The number of nitrogens with zero attached hydrogens (tertiary/aromatic N) is 1. The third-order valence-corrected chi connectivity index (χ3v) is 3.74. The summed E-state index contributed by atoms with van der Waals surface area (Å²) in [6.07, 6.45) is -0.194. The maximum absolute atomic E-state index is 9.47. The number of methoxy groups -OCH3 is 1. The van der Waals surface area contributed by atoms with E-state index >= 15 is 0 Å². The Morgan fingerprint density at radius 2 is 2.24 bits per heavy atom. The molecule has 1 aromatic carbocycles. The van der Waals surface area contributed by atoms with Crippen molar-refractivity contribution < 1.29 is 14.6 Å². The highest BCUT2D eigenvalue weighted by molar-refractivity contribution is 5.61. The number of hydrogen-bond donors (Lipinski definition) is 2. The first-order chi connectivity index (χ1) is 9.88. The minimum atomic E-state index is -0.316. The standard InChI is InChI=1S/C16H26N2O3/c1-11(17)15-13(6-5-7-14(15)20-4)18-8-12(9-19)21-16(2,3)10-18/h5-7,11-12,19H,8-10,17H2,1-4H3. The summed E-state index contributed by atoms with van der Waals surface area (Å²) in [4.78, 5) is 2.23. The summed E-state index contributed by atoms with van der Waals surface area (Å²) in [5.74, 6) is 0.798. The summed E-state index contributed by atoms with van der Waals surface area (Å²) in [5, 5.41) is 9.47. The van der Waals surface area contributed by atoms with Crippen molar-refractivity contribution in [3.05, 3.63) is 23.8 Å². The summed E-state index contributed by atoms with van der Waals surface area (Å²) in [6.45, 7) is 7.43. The Morgan fingerprint density at radius 1 is 1.52 bits per heavy atom. The van der Waals surface area contributed by atoms with Gasteiger partial charge in [0, 0.05) is 30.4 Å². The molecule has 5 nitrogen and oxygen atoms in total. The Bertz CT molecular complexity index is 488. The molecule has 1 saturated heterocycles. The topological polar surface area (TPSA) is 68.0 Å².